The van der Waals surface area contributed by atoms with Crippen LogP contribution in [0.1, 0.15) is 50.7 Å². The van der Waals surface area contributed by atoms with Crippen molar-refractivity contribution in [2.45, 2.75) is 52.1 Å². The van der Waals surface area contributed by atoms with E-state index in [2.05, 4.69) is 17.2 Å². The van der Waals surface area contributed by atoms with E-state index in [1.165, 1.54) is 24.1 Å². The lowest BCUT2D eigenvalue weighted by Gasteiger charge is -2.27. The molecule has 2 rings (SSSR count). The van der Waals surface area contributed by atoms with Crippen molar-refractivity contribution in [1.82, 2.24) is 15.3 Å². The van der Waals surface area contributed by atoms with Crippen molar-refractivity contribution in [3.8, 4) is 0 Å². The van der Waals surface area contributed by atoms with Gasteiger partial charge in [-0.3, -0.25) is 0 Å². The molecule has 1 aliphatic rings. The predicted octanol–water partition coefficient (Wildman–Crippen LogP) is 2.46. The molecule has 0 saturated carbocycles. The fourth-order valence-electron chi connectivity index (χ4n) is 2.62. The summed E-state index contributed by atoms with van der Waals surface area (Å²) in [7, 11) is 1.71. The second-order valence-corrected chi connectivity index (χ2v) is 6.19. The molecule has 112 valence electrons. The highest BCUT2D eigenvalue weighted by Crippen LogP contribution is 2.26. The van der Waals surface area contributed by atoms with Gasteiger partial charge in [-0.05, 0) is 64.1 Å². The van der Waals surface area contributed by atoms with E-state index in [1.54, 1.807) is 7.11 Å². The minimum absolute atomic E-state index is 0.408. The summed E-state index contributed by atoms with van der Waals surface area (Å²) in [5.41, 5.74) is 2.12. The number of nitrogens with one attached hydrogen (secondary N) is 1. The molecule has 0 radical (unpaired) electrons. The van der Waals surface area contributed by atoms with E-state index in [0.29, 0.717) is 0 Å². The van der Waals surface area contributed by atoms with E-state index in [4.69, 9.17) is 9.72 Å². The van der Waals surface area contributed by atoms with Gasteiger partial charge in [0.25, 0.3) is 0 Å². The van der Waals surface area contributed by atoms with Crippen LogP contribution in [-0.4, -0.2) is 30.2 Å². The third-order valence-electron chi connectivity index (χ3n) is 4.16. The highest BCUT2D eigenvalue weighted by molar-refractivity contribution is 5.22. The second kappa shape index (κ2) is 6.64. The molecular weight excluding hydrogens is 250 g/mol. The number of aromatic nitrogens is 2. The summed E-state index contributed by atoms with van der Waals surface area (Å²) in [4.78, 5) is 9.24. The fraction of sp³-hybridized carbons (Fsp3) is 0.750. The minimum Gasteiger partial charge on any atom is -0.371 e. The van der Waals surface area contributed by atoms with Crippen LogP contribution < -0.4 is 5.32 Å². The van der Waals surface area contributed by atoms with Crippen LogP contribution in [0.15, 0.2) is 6.20 Å². The molecule has 1 N–H and O–H groups in total. The van der Waals surface area contributed by atoms with E-state index >= 15 is 0 Å². The van der Waals surface area contributed by atoms with Gasteiger partial charge in [-0.1, -0.05) is 6.92 Å². The summed E-state index contributed by atoms with van der Waals surface area (Å²) < 4.78 is 5.47. The minimum atomic E-state index is -0.408. The first-order valence-corrected chi connectivity index (χ1v) is 7.68. The van der Waals surface area contributed by atoms with E-state index in [9.17, 15) is 0 Å². The molecule has 0 aliphatic heterocycles. The van der Waals surface area contributed by atoms with Gasteiger partial charge in [-0.25, -0.2) is 9.97 Å². The molecule has 1 aromatic rings. The molecule has 1 aliphatic carbocycles. The Kier molecular flexibility index (Phi) is 5.11. The topological polar surface area (TPSA) is 47.0 Å². The van der Waals surface area contributed by atoms with Crippen molar-refractivity contribution < 1.29 is 4.74 Å². The van der Waals surface area contributed by atoms with Gasteiger partial charge < -0.3 is 10.1 Å². The Morgan fingerprint density at radius 1 is 1.45 bits per heavy atom. The molecular formula is C16H27N3O. The fourth-order valence-corrected chi connectivity index (χ4v) is 2.62. The van der Waals surface area contributed by atoms with Crippen molar-refractivity contribution in [2.75, 3.05) is 20.2 Å². The van der Waals surface area contributed by atoms with Crippen molar-refractivity contribution in [2.24, 2.45) is 5.92 Å². The average Bonchev–Trinajstić information content (AvgIpc) is 2.47. The zero-order valence-electron chi connectivity index (χ0n) is 13.2. The monoisotopic (exact) mass is 277 g/mol. The van der Waals surface area contributed by atoms with Crippen LogP contribution in [0, 0.1) is 5.92 Å². The van der Waals surface area contributed by atoms with Gasteiger partial charge in [0.1, 0.15) is 5.60 Å². The quantitative estimate of drug-likeness (QED) is 0.811. The maximum atomic E-state index is 5.47. The van der Waals surface area contributed by atoms with Crippen LogP contribution in [0.2, 0.25) is 0 Å². The Bertz CT molecular complexity index is 445. The normalized spacial score (nSPS) is 18.9. The number of hydrogen-bond acceptors (Lipinski definition) is 4. The number of hydrogen-bond donors (Lipinski definition) is 1. The first-order valence-electron chi connectivity index (χ1n) is 7.68. The molecule has 0 fully saturated rings. The largest absolute Gasteiger partial charge is 0.371 e. The van der Waals surface area contributed by atoms with Crippen LogP contribution in [0.3, 0.4) is 0 Å². The lowest BCUT2D eigenvalue weighted by Crippen LogP contribution is -2.30. The van der Waals surface area contributed by atoms with Gasteiger partial charge >= 0.3 is 0 Å². The first-order chi connectivity index (χ1) is 9.56. The van der Waals surface area contributed by atoms with Gasteiger partial charge in [0.15, 0.2) is 5.82 Å². The van der Waals surface area contributed by atoms with Crippen LogP contribution in [-0.2, 0) is 23.2 Å². The van der Waals surface area contributed by atoms with E-state index < -0.39 is 5.60 Å². The van der Waals surface area contributed by atoms with Crippen molar-refractivity contribution in [3.63, 3.8) is 0 Å². The Morgan fingerprint density at radius 2 is 2.25 bits per heavy atom. The van der Waals surface area contributed by atoms with Gasteiger partial charge in [0.2, 0.25) is 0 Å². The summed E-state index contributed by atoms with van der Waals surface area (Å²) >= 11 is 0. The summed E-state index contributed by atoms with van der Waals surface area (Å²) in [6.07, 6.45) is 6.57. The van der Waals surface area contributed by atoms with E-state index in [0.717, 1.165) is 37.7 Å². The zero-order valence-corrected chi connectivity index (χ0v) is 13.2. The summed E-state index contributed by atoms with van der Waals surface area (Å²) in [5.74, 6) is 1.51. The Hall–Kier alpha value is -1.00. The summed E-state index contributed by atoms with van der Waals surface area (Å²) in [5, 5.41) is 3.52. The zero-order chi connectivity index (χ0) is 14.6. The number of rotatable bonds is 6. The Labute approximate surface area is 122 Å². The summed E-state index contributed by atoms with van der Waals surface area (Å²) in [6.45, 7) is 8.44. The van der Waals surface area contributed by atoms with Gasteiger partial charge in [0, 0.05) is 19.0 Å². The molecule has 1 aromatic heterocycles. The van der Waals surface area contributed by atoms with Crippen LogP contribution in [0.4, 0.5) is 0 Å². The lowest BCUT2D eigenvalue weighted by atomic mass is 9.87. The number of nitrogens with zero attached hydrogens (tertiary/aromatic N) is 2. The molecule has 1 heterocycles. The standard InChI is InChI=1S/C16H27N3O/c1-5-8-17-10-12-6-7-14-13(9-12)11-18-15(19-14)16(2,3)20-4/h11-12,17H,5-10H2,1-4H3. The number of methoxy groups -OCH3 is 1. The molecule has 0 aromatic carbocycles. The molecule has 1 unspecified atom stereocenters. The SMILES string of the molecule is CCCNCC1CCc2nc(C(C)(C)OC)ncc2C1. The molecule has 4 heteroatoms. The first kappa shape index (κ1) is 15.4. The third-order valence-corrected chi connectivity index (χ3v) is 4.16. The highest BCUT2D eigenvalue weighted by Gasteiger charge is 2.26. The maximum absolute atomic E-state index is 5.47. The van der Waals surface area contributed by atoms with Gasteiger partial charge in [0.05, 0.1) is 0 Å². The number of ether oxygens (including phenoxy) is 1. The Balaban J connectivity index is 2.04. The van der Waals surface area contributed by atoms with Crippen LogP contribution in [0.5, 0.6) is 0 Å². The van der Waals surface area contributed by atoms with Gasteiger partial charge in [-0.15, -0.1) is 0 Å². The van der Waals surface area contributed by atoms with Crippen molar-refractivity contribution in [3.05, 3.63) is 23.3 Å². The number of fused-ring (bicyclic) bond motifs is 1. The van der Waals surface area contributed by atoms with Gasteiger partial charge in [-0.2, -0.15) is 0 Å². The molecule has 0 amide bonds. The smallest absolute Gasteiger partial charge is 0.159 e. The van der Waals surface area contributed by atoms with E-state index in [-0.39, 0.29) is 0 Å². The molecule has 20 heavy (non-hydrogen) atoms. The third kappa shape index (κ3) is 3.55. The lowest BCUT2D eigenvalue weighted by molar-refractivity contribution is 0.0111. The molecule has 0 bridgehead atoms. The number of aryl methyl sites for hydroxylation is 1. The molecule has 1 atom stereocenters. The predicted molar refractivity (Wildman–Crippen MR) is 80.7 cm³/mol. The maximum Gasteiger partial charge on any atom is 0.159 e. The second-order valence-electron chi connectivity index (χ2n) is 6.19. The van der Waals surface area contributed by atoms with Crippen LogP contribution >= 0.6 is 0 Å². The Morgan fingerprint density at radius 3 is 2.95 bits per heavy atom. The molecule has 0 spiro atoms. The van der Waals surface area contributed by atoms with E-state index in [1.807, 2.05) is 20.0 Å². The average molecular weight is 277 g/mol. The van der Waals surface area contributed by atoms with Crippen molar-refractivity contribution >= 4 is 0 Å². The van der Waals surface area contributed by atoms with Crippen molar-refractivity contribution in [1.29, 1.82) is 0 Å². The highest BCUT2D eigenvalue weighted by atomic mass is 16.5. The molecule has 0 saturated heterocycles. The molecule has 4 nitrogen and oxygen atoms in total. The summed E-state index contributed by atoms with van der Waals surface area (Å²) in [6, 6.07) is 0. The van der Waals surface area contributed by atoms with Crippen LogP contribution in [0.25, 0.3) is 0 Å².